The summed E-state index contributed by atoms with van der Waals surface area (Å²) in [5.74, 6) is 0.865. The molecule has 1 unspecified atom stereocenters. The fourth-order valence-corrected chi connectivity index (χ4v) is 1.83. The molecule has 0 aliphatic carbocycles. The van der Waals surface area contributed by atoms with Crippen molar-refractivity contribution in [1.82, 2.24) is 0 Å². The Morgan fingerprint density at radius 1 is 1.50 bits per heavy atom. The van der Waals surface area contributed by atoms with Gasteiger partial charge >= 0.3 is 0 Å². The van der Waals surface area contributed by atoms with Gasteiger partial charge in [-0.3, -0.25) is 0 Å². The highest BCUT2D eigenvalue weighted by atomic mass is 79.9. The summed E-state index contributed by atoms with van der Waals surface area (Å²) in [6.45, 7) is 2.94. The summed E-state index contributed by atoms with van der Waals surface area (Å²) in [6.07, 6.45) is 2.09. The molecule has 0 saturated carbocycles. The first-order chi connectivity index (χ1) is 7.63. The fourth-order valence-electron chi connectivity index (χ4n) is 1.47. The van der Waals surface area contributed by atoms with Gasteiger partial charge in [-0.15, -0.1) is 0 Å². The van der Waals surface area contributed by atoms with Crippen LogP contribution in [0.1, 0.15) is 19.8 Å². The van der Waals surface area contributed by atoms with Crippen LogP contribution in [0.4, 0.5) is 5.69 Å². The normalized spacial score (nSPS) is 12.2. The van der Waals surface area contributed by atoms with E-state index in [9.17, 15) is 0 Å². The third kappa shape index (κ3) is 4.41. The van der Waals surface area contributed by atoms with Crippen LogP contribution in [0.15, 0.2) is 22.7 Å². The molecule has 0 fully saturated rings. The fraction of sp³-hybridized carbons (Fsp3) is 0.500. The number of nitrogens with one attached hydrogen (secondary N) is 1. The van der Waals surface area contributed by atoms with Gasteiger partial charge in [0.2, 0.25) is 0 Å². The van der Waals surface area contributed by atoms with E-state index in [4.69, 9.17) is 10.5 Å². The van der Waals surface area contributed by atoms with Gasteiger partial charge in [0, 0.05) is 17.1 Å². The lowest BCUT2D eigenvalue weighted by molar-refractivity contribution is 0.416. The lowest BCUT2D eigenvalue weighted by atomic mass is 10.2. The molecule has 0 aliphatic heterocycles. The van der Waals surface area contributed by atoms with Crippen LogP contribution in [-0.2, 0) is 0 Å². The summed E-state index contributed by atoms with van der Waals surface area (Å²) in [4.78, 5) is 0. The van der Waals surface area contributed by atoms with E-state index < -0.39 is 0 Å². The van der Waals surface area contributed by atoms with Gasteiger partial charge in [-0.25, -0.2) is 0 Å². The van der Waals surface area contributed by atoms with E-state index in [1.807, 2.05) is 25.1 Å². The lowest BCUT2D eigenvalue weighted by Gasteiger charge is -2.12. The monoisotopic (exact) mass is 286 g/mol. The average Bonchev–Trinajstić information content (AvgIpc) is 2.24. The predicted octanol–water partition coefficient (Wildman–Crippen LogP) is 3.00. The quantitative estimate of drug-likeness (QED) is 0.791. The number of nitrogens with two attached hydrogens (primary N) is 1. The van der Waals surface area contributed by atoms with Crippen LogP contribution in [0.3, 0.4) is 0 Å². The average molecular weight is 287 g/mol. The van der Waals surface area contributed by atoms with Crippen molar-refractivity contribution >= 4 is 21.6 Å². The molecule has 4 heteroatoms. The smallest absolute Gasteiger partial charge is 0.142 e. The highest BCUT2D eigenvalue weighted by Crippen LogP contribution is 2.27. The minimum absolute atomic E-state index is 0.270. The maximum absolute atomic E-state index is 5.69. The third-order valence-corrected chi connectivity index (χ3v) is 2.81. The van der Waals surface area contributed by atoms with E-state index in [-0.39, 0.29) is 6.04 Å². The van der Waals surface area contributed by atoms with Gasteiger partial charge < -0.3 is 15.8 Å². The minimum Gasteiger partial charge on any atom is -0.495 e. The summed E-state index contributed by atoms with van der Waals surface area (Å²) in [5.41, 5.74) is 6.71. The van der Waals surface area contributed by atoms with Crippen LogP contribution in [0.5, 0.6) is 5.75 Å². The molecule has 1 aromatic rings. The molecule has 90 valence electrons. The number of benzene rings is 1. The standard InChI is InChI=1S/C12H19BrN2O/c1-9(14)4-3-7-15-11-8-10(13)5-6-12(11)16-2/h5-6,8-9,15H,3-4,7,14H2,1-2H3. The second kappa shape index (κ2) is 6.76. The number of rotatable bonds is 6. The van der Waals surface area contributed by atoms with Gasteiger partial charge in [-0.1, -0.05) is 15.9 Å². The number of hydrogen-bond acceptors (Lipinski definition) is 3. The zero-order chi connectivity index (χ0) is 12.0. The highest BCUT2D eigenvalue weighted by Gasteiger charge is 2.02. The number of hydrogen-bond donors (Lipinski definition) is 2. The van der Waals surface area contributed by atoms with Crippen molar-refractivity contribution in [2.24, 2.45) is 5.73 Å². The van der Waals surface area contributed by atoms with Crippen molar-refractivity contribution < 1.29 is 4.74 Å². The number of methoxy groups -OCH3 is 1. The van der Waals surface area contributed by atoms with Gasteiger partial charge in [0.15, 0.2) is 0 Å². The van der Waals surface area contributed by atoms with Crippen molar-refractivity contribution in [2.75, 3.05) is 19.0 Å². The van der Waals surface area contributed by atoms with E-state index in [0.717, 1.165) is 35.3 Å². The lowest BCUT2D eigenvalue weighted by Crippen LogP contribution is -2.16. The Morgan fingerprint density at radius 3 is 2.88 bits per heavy atom. The molecule has 1 atom stereocenters. The Balaban J connectivity index is 2.48. The van der Waals surface area contributed by atoms with Crippen LogP contribution in [0.25, 0.3) is 0 Å². The highest BCUT2D eigenvalue weighted by molar-refractivity contribution is 9.10. The van der Waals surface area contributed by atoms with E-state index in [2.05, 4.69) is 21.2 Å². The summed E-state index contributed by atoms with van der Waals surface area (Å²) >= 11 is 3.44. The summed E-state index contributed by atoms with van der Waals surface area (Å²) in [6, 6.07) is 6.19. The Labute approximate surface area is 105 Å². The van der Waals surface area contributed by atoms with Crippen LogP contribution >= 0.6 is 15.9 Å². The predicted molar refractivity (Wildman–Crippen MR) is 72.1 cm³/mol. The van der Waals surface area contributed by atoms with Gasteiger partial charge in [0.05, 0.1) is 12.8 Å². The summed E-state index contributed by atoms with van der Waals surface area (Å²) in [5, 5.41) is 3.35. The molecular formula is C12H19BrN2O. The van der Waals surface area contributed by atoms with E-state index >= 15 is 0 Å². The van der Waals surface area contributed by atoms with Crippen molar-refractivity contribution in [2.45, 2.75) is 25.8 Å². The maximum atomic E-state index is 5.69. The molecule has 1 rings (SSSR count). The topological polar surface area (TPSA) is 47.3 Å². The second-order valence-corrected chi connectivity index (χ2v) is 4.81. The van der Waals surface area contributed by atoms with Crippen LogP contribution < -0.4 is 15.8 Å². The molecule has 0 saturated heterocycles. The molecule has 1 aromatic carbocycles. The van der Waals surface area contributed by atoms with E-state index in [1.54, 1.807) is 7.11 Å². The molecule has 0 bridgehead atoms. The van der Waals surface area contributed by atoms with Crippen molar-refractivity contribution in [3.63, 3.8) is 0 Å². The van der Waals surface area contributed by atoms with Gasteiger partial charge in [-0.05, 0) is 38.0 Å². The molecule has 0 spiro atoms. The molecule has 0 amide bonds. The number of halogens is 1. The molecule has 3 nitrogen and oxygen atoms in total. The zero-order valence-electron chi connectivity index (χ0n) is 9.79. The van der Waals surface area contributed by atoms with Gasteiger partial charge in [0.1, 0.15) is 5.75 Å². The van der Waals surface area contributed by atoms with Gasteiger partial charge in [0.25, 0.3) is 0 Å². The minimum atomic E-state index is 0.270. The molecular weight excluding hydrogens is 268 g/mol. The second-order valence-electron chi connectivity index (χ2n) is 3.89. The Bertz CT molecular complexity index is 329. The van der Waals surface area contributed by atoms with Crippen molar-refractivity contribution in [1.29, 1.82) is 0 Å². The van der Waals surface area contributed by atoms with Crippen molar-refractivity contribution in [3.05, 3.63) is 22.7 Å². The first kappa shape index (κ1) is 13.3. The largest absolute Gasteiger partial charge is 0.495 e. The molecule has 0 radical (unpaired) electrons. The summed E-state index contributed by atoms with van der Waals surface area (Å²) in [7, 11) is 1.68. The summed E-state index contributed by atoms with van der Waals surface area (Å²) < 4.78 is 6.31. The van der Waals surface area contributed by atoms with E-state index in [1.165, 1.54) is 0 Å². The molecule has 3 N–H and O–H groups in total. The SMILES string of the molecule is COc1ccc(Br)cc1NCCCC(C)N. The third-order valence-electron chi connectivity index (χ3n) is 2.31. The molecule has 0 aliphatic rings. The van der Waals surface area contributed by atoms with Crippen LogP contribution in [0.2, 0.25) is 0 Å². The Morgan fingerprint density at radius 2 is 2.25 bits per heavy atom. The Kier molecular flexibility index (Phi) is 5.63. The van der Waals surface area contributed by atoms with Crippen LogP contribution in [0, 0.1) is 0 Å². The number of anilines is 1. The van der Waals surface area contributed by atoms with E-state index in [0.29, 0.717) is 0 Å². The van der Waals surface area contributed by atoms with Crippen LogP contribution in [-0.4, -0.2) is 19.7 Å². The number of ether oxygens (including phenoxy) is 1. The molecule has 0 heterocycles. The van der Waals surface area contributed by atoms with Crippen molar-refractivity contribution in [3.8, 4) is 5.75 Å². The Hall–Kier alpha value is -0.740. The first-order valence-electron chi connectivity index (χ1n) is 5.46. The van der Waals surface area contributed by atoms with Gasteiger partial charge in [-0.2, -0.15) is 0 Å². The first-order valence-corrected chi connectivity index (χ1v) is 6.25. The zero-order valence-corrected chi connectivity index (χ0v) is 11.4. The molecule has 16 heavy (non-hydrogen) atoms. The maximum Gasteiger partial charge on any atom is 0.142 e. The molecule has 0 aromatic heterocycles.